The van der Waals surface area contributed by atoms with E-state index < -0.39 is 10.1 Å². The van der Waals surface area contributed by atoms with Crippen molar-refractivity contribution in [3.05, 3.63) is 102 Å². The normalized spacial score (nSPS) is 11.4. The number of para-hydroxylation sites is 1. The SMILES string of the molecule is O=S(=O)(CC[NH+](Cc1ccccc1)Cc1ccccc1)Oc1ccccc1. The van der Waals surface area contributed by atoms with Gasteiger partial charge in [-0.25, -0.2) is 0 Å². The van der Waals surface area contributed by atoms with Crippen LogP contribution in [0.2, 0.25) is 0 Å². The monoisotopic (exact) mass is 382 g/mol. The molecule has 0 aromatic heterocycles. The lowest BCUT2D eigenvalue weighted by Gasteiger charge is -2.20. The Bertz CT molecular complexity index is 872. The van der Waals surface area contributed by atoms with Crippen LogP contribution in [0.5, 0.6) is 5.75 Å². The summed E-state index contributed by atoms with van der Waals surface area (Å²) in [5.74, 6) is 0.321. The van der Waals surface area contributed by atoms with Gasteiger partial charge in [-0.1, -0.05) is 78.9 Å². The van der Waals surface area contributed by atoms with Crippen LogP contribution >= 0.6 is 0 Å². The topological polar surface area (TPSA) is 47.8 Å². The van der Waals surface area contributed by atoms with Gasteiger partial charge in [0.15, 0.2) is 0 Å². The molecule has 0 spiro atoms. The molecule has 4 nitrogen and oxygen atoms in total. The van der Waals surface area contributed by atoms with Crippen LogP contribution in [0.1, 0.15) is 11.1 Å². The zero-order valence-corrected chi connectivity index (χ0v) is 15.9. The average molecular weight is 383 g/mol. The summed E-state index contributed by atoms with van der Waals surface area (Å²) in [6.45, 7) is 1.99. The van der Waals surface area contributed by atoms with E-state index in [2.05, 4.69) is 24.3 Å². The standard InChI is InChI=1S/C22H23NO3S/c24-27(25,26-22-14-8-3-9-15-22)17-16-23(18-20-10-4-1-5-11-20)19-21-12-6-2-7-13-21/h1-15H,16-19H2/p+1. The van der Waals surface area contributed by atoms with Gasteiger partial charge in [0.05, 0.1) is 6.54 Å². The van der Waals surface area contributed by atoms with E-state index in [1.807, 2.05) is 42.5 Å². The van der Waals surface area contributed by atoms with Gasteiger partial charge in [-0.3, -0.25) is 0 Å². The second-order valence-corrected chi connectivity index (χ2v) is 8.17. The maximum Gasteiger partial charge on any atom is 0.314 e. The predicted molar refractivity (Wildman–Crippen MR) is 107 cm³/mol. The zero-order chi connectivity index (χ0) is 19.0. The molecular formula is C22H24NO3S+. The molecule has 0 amide bonds. The van der Waals surface area contributed by atoms with Crippen LogP contribution in [-0.4, -0.2) is 20.7 Å². The van der Waals surface area contributed by atoms with Crippen LogP contribution in [0, 0.1) is 0 Å². The van der Waals surface area contributed by atoms with Gasteiger partial charge in [0.2, 0.25) is 0 Å². The van der Waals surface area contributed by atoms with Gasteiger partial charge < -0.3 is 9.08 Å². The van der Waals surface area contributed by atoms with Crippen molar-refractivity contribution < 1.29 is 17.5 Å². The Labute approximate surface area is 161 Å². The summed E-state index contributed by atoms with van der Waals surface area (Å²) >= 11 is 0. The van der Waals surface area contributed by atoms with Crippen molar-refractivity contribution in [1.82, 2.24) is 0 Å². The maximum absolute atomic E-state index is 12.4. The molecular weight excluding hydrogens is 358 g/mol. The molecule has 0 aliphatic heterocycles. The van der Waals surface area contributed by atoms with Gasteiger partial charge in [0.25, 0.3) is 0 Å². The third-order valence-corrected chi connectivity index (χ3v) is 5.42. The second kappa shape index (κ2) is 9.35. The molecule has 5 heteroatoms. The third kappa shape index (κ3) is 6.55. The molecule has 0 bridgehead atoms. The first-order chi connectivity index (χ1) is 13.1. The van der Waals surface area contributed by atoms with Crippen molar-refractivity contribution >= 4 is 10.1 Å². The Balaban J connectivity index is 1.66. The Kier molecular flexibility index (Phi) is 6.63. The number of nitrogens with one attached hydrogen (secondary N) is 1. The quantitative estimate of drug-likeness (QED) is 0.579. The van der Waals surface area contributed by atoms with E-state index in [4.69, 9.17) is 4.18 Å². The van der Waals surface area contributed by atoms with Gasteiger partial charge in [0, 0.05) is 11.1 Å². The molecule has 0 saturated carbocycles. The van der Waals surface area contributed by atoms with E-state index in [9.17, 15) is 8.42 Å². The maximum atomic E-state index is 12.4. The number of rotatable bonds is 9. The molecule has 0 fully saturated rings. The van der Waals surface area contributed by atoms with E-state index in [1.165, 1.54) is 16.0 Å². The predicted octanol–water partition coefficient (Wildman–Crippen LogP) is 2.68. The fourth-order valence-electron chi connectivity index (χ4n) is 2.94. The van der Waals surface area contributed by atoms with Crippen LogP contribution in [0.3, 0.4) is 0 Å². The Morgan fingerprint density at radius 2 is 1.11 bits per heavy atom. The lowest BCUT2D eigenvalue weighted by molar-refractivity contribution is -0.925. The number of hydrogen-bond acceptors (Lipinski definition) is 3. The molecule has 0 unspecified atom stereocenters. The first kappa shape index (κ1) is 19.1. The molecule has 0 aliphatic rings. The van der Waals surface area contributed by atoms with E-state index in [-0.39, 0.29) is 5.75 Å². The number of hydrogen-bond donors (Lipinski definition) is 1. The fraction of sp³-hybridized carbons (Fsp3) is 0.182. The van der Waals surface area contributed by atoms with Crippen LogP contribution in [0.25, 0.3) is 0 Å². The second-order valence-electron chi connectivity index (χ2n) is 6.48. The number of quaternary nitrogens is 1. The van der Waals surface area contributed by atoms with Crippen LogP contribution < -0.4 is 9.08 Å². The minimum Gasteiger partial charge on any atom is -0.382 e. The lowest BCUT2D eigenvalue weighted by Crippen LogP contribution is -3.10. The summed E-state index contributed by atoms with van der Waals surface area (Å²) in [5, 5.41) is 0. The first-order valence-corrected chi connectivity index (χ1v) is 10.6. The summed E-state index contributed by atoms with van der Waals surface area (Å²) < 4.78 is 30.0. The Morgan fingerprint density at radius 3 is 1.59 bits per heavy atom. The highest BCUT2D eigenvalue weighted by Gasteiger charge is 2.19. The molecule has 0 heterocycles. The molecule has 1 N–H and O–H groups in total. The van der Waals surface area contributed by atoms with E-state index in [0.29, 0.717) is 12.3 Å². The summed E-state index contributed by atoms with van der Waals surface area (Å²) in [5.41, 5.74) is 2.37. The van der Waals surface area contributed by atoms with Crippen molar-refractivity contribution in [2.75, 3.05) is 12.3 Å². The minimum atomic E-state index is -3.64. The highest BCUT2D eigenvalue weighted by Crippen LogP contribution is 2.11. The van der Waals surface area contributed by atoms with Crippen LogP contribution in [-0.2, 0) is 23.2 Å². The highest BCUT2D eigenvalue weighted by atomic mass is 32.2. The Hall–Kier alpha value is -2.63. The largest absolute Gasteiger partial charge is 0.382 e. The first-order valence-electron chi connectivity index (χ1n) is 8.99. The average Bonchev–Trinajstić information content (AvgIpc) is 2.68. The Morgan fingerprint density at radius 1 is 0.667 bits per heavy atom. The van der Waals surface area contributed by atoms with E-state index in [0.717, 1.165) is 13.1 Å². The molecule has 3 aromatic rings. The zero-order valence-electron chi connectivity index (χ0n) is 15.1. The molecule has 0 aliphatic carbocycles. The molecule has 3 aromatic carbocycles. The summed E-state index contributed by atoms with van der Waals surface area (Å²) in [6, 6.07) is 28.9. The van der Waals surface area contributed by atoms with Gasteiger partial charge in [-0.2, -0.15) is 8.42 Å². The van der Waals surface area contributed by atoms with Crippen LogP contribution in [0.15, 0.2) is 91.0 Å². The van der Waals surface area contributed by atoms with Gasteiger partial charge in [-0.15, -0.1) is 0 Å². The van der Waals surface area contributed by atoms with Gasteiger partial charge >= 0.3 is 10.1 Å². The van der Waals surface area contributed by atoms with Crippen molar-refractivity contribution in [3.8, 4) is 5.75 Å². The number of benzene rings is 3. The summed E-state index contributed by atoms with van der Waals surface area (Å²) in [6.07, 6.45) is 0. The van der Waals surface area contributed by atoms with Crippen molar-refractivity contribution in [2.24, 2.45) is 0 Å². The molecule has 0 radical (unpaired) electrons. The third-order valence-electron chi connectivity index (χ3n) is 4.27. The molecule has 0 atom stereocenters. The lowest BCUT2D eigenvalue weighted by atomic mass is 10.1. The van der Waals surface area contributed by atoms with E-state index >= 15 is 0 Å². The smallest absolute Gasteiger partial charge is 0.314 e. The highest BCUT2D eigenvalue weighted by molar-refractivity contribution is 7.87. The molecule has 140 valence electrons. The minimum absolute atomic E-state index is 0.0309. The van der Waals surface area contributed by atoms with Crippen molar-refractivity contribution in [2.45, 2.75) is 13.1 Å². The molecule has 0 saturated heterocycles. The van der Waals surface area contributed by atoms with Gasteiger partial charge in [0.1, 0.15) is 24.6 Å². The van der Waals surface area contributed by atoms with Crippen molar-refractivity contribution in [1.29, 1.82) is 0 Å². The molecule has 27 heavy (non-hydrogen) atoms. The molecule has 3 rings (SSSR count). The summed E-state index contributed by atoms with van der Waals surface area (Å²) in [7, 11) is -3.64. The van der Waals surface area contributed by atoms with Crippen LogP contribution in [0.4, 0.5) is 0 Å². The summed E-state index contributed by atoms with van der Waals surface area (Å²) in [4.78, 5) is 1.17. The van der Waals surface area contributed by atoms with Crippen molar-refractivity contribution in [3.63, 3.8) is 0 Å². The van der Waals surface area contributed by atoms with E-state index in [1.54, 1.807) is 24.3 Å². The fourth-order valence-corrected chi connectivity index (χ4v) is 3.97. The van der Waals surface area contributed by atoms with Gasteiger partial charge in [-0.05, 0) is 12.1 Å².